The molecule has 2 amide bonds. The molecule has 0 saturated carbocycles. The molecule has 4 rings (SSSR count). The highest BCUT2D eigenvalue weighted by Gasteiger charge is 2.12. The predicted molar refractivity (Wildman–Crippen MR) is 122 cm³/mol. The van der Waals surface area contributed by atoms with Gasteiger partial charge in [-0.1, -0.05) is 30.3 Å². The molecular weight excluding hydrogens is 406 g/mol. The molecule has 32 heavy (non-hydrogen) atoms. The number of aromatic amines is 1. The first kappa shape index (κ1) is 20.8. The van der Waals surface area contributed by atoms with Crippen LogP contribution < -0.4 is 16.2 Å². The van der Waals surface area contributed by atoms with E-state index in [1.165, 1.54) is 24.0 Å². The van der Waals surface area contributed by atoms with Crippen LogP contribution in [-0.4, -0.2) is 26.6 Å². The average Bonchev–Trinajstić information content (AvgIpc) is 3.17. The number of H-pyrrole nitrogens is 1. The van der Waals surface area contributed by atoms with E-state index in [1.807, 2.05) is 48.5 Å². The fourth-order valence-corrected chi connectivity index (χ4v) is 3.32. The Morgan fingerprint density at radius 2 is 1.84 bits per heavy atom. The van der Waals surface area contributed by atoms with Crippen LogP contribution in [0.1, 0.15) is 22.8 Å². The fourth-order valence-electron chi connectivity index (χ4n) is 3.32. The smallest absolute Gasteiger partial charge is 0.294 e. The average molecular weight is 427 g/mol. The summed E-state index contributed by atoms with van der Waals surface area (Å²) in [7, 11) is 0. The molecule has 0 radical (unpaired) electrons. The number of anilines is 1. The minimum absolute atomic E-state index is 0.161. The number of carbonyl (C=O) groups excluding carboxylic acids is 2. The van der Waals surface area contributed by atoms with E-state index < -0.39 is 0 Å². The fraction of sp³-hybridized carbons (Fsp3) is 0.0833. The third kappa shape index (κ3) is 4.65. The van der Waals surface area contributed by atoms with Gasteiger partial charge in [-0.05, 0) is 47.0 Å². The van der Waals surface area contributed by atoms with Gasteiger partial charge >= 0.3 is 0 Å². The molecule has 2 aromatic heterocycles. The second kappa shape index (κ2) is 9.13. The van der Waals surface area contributed by atoms with Crippen molar-refractivity contribution in [1.29, 1.82) is 0 Å². The summed E-state index contributed by atoms with van der Waals surface area (Å²) in [6.45, 7) is 1.60. The number of carbonyl (C=O) groups is 2. The van der Waals surface area contributed by atoms with Crippen LogP contribution >= 0.6 is 0 Å². The first-order valence-electron chi connectivity index (χ1n) is 9.97. The quantitative estimate of drug-likeness (QED) is 0.439. The molecule has 0 unspecified atom stereocenters. The molecule has 0 aliphatic heterocycles. The SMILES string of the molecule is CC(=O)Nc1c[nH]n(-c2cc(CNC(=O)c3cccnc3)cc(-c3ccccc3)c2)c1=O. The second-order valence-corrected chi connectivity index (χ2v) is 7.19. The molecule has 3 N–H and O–H groups in total. The number of nitrogens with one attached hydrogen (secondary N) is 3. The molecule has 8 nitrogen and oxygen atoms in total. The standard InChI is InChI=1S/C24H21N5O3/c1-16(30)28-22-15-27-29(24(22)32)21-11-17(10-20(12-21)18-6-3-2-4-7-18)13-26-23(31)19-8-5-9-25-14-19/h2-12,14-15,27H,13H2,1H3,(H,26,31)(H,28,30). The van der Waals surface area contributed by atoms with Gasteiger partial charge in [0.05, 0.1) is 11.3 Å². The Bertz CT molecular complexity index is 1310. The van der Waals surface area contributed by atoms with Gasteiger partial charge in [0.1, 0.15) is 5.69 Å². The normalized spacial score (nSPS) is 10.5. The Morgan fingerprint density at radius 1 is 1.03 bits per heavy atom. The maximum absolute atomic E-state index is 12.8. The third-order valence-corrected chi connectivity index (χ3v) is 4.80. The van der Waals surface area contributed by atoms with Gasteiger partial charge in [0.15, 0.2) is 0 Å². The number of pyridine rings is 1. The molecule has 0 aliphatic rings. The largest absolute Gasteiger partial charge is 0.348 e. The molecule has 0 spiro atoms. The van der Waals surface area contributed by atoms with E-state index in [9.17, 15) is 14.4 Å². The Morgan fingerprint density at radius 3 is 2.56 bits per heavy atom. The zero-order valence-corrected chi connectivity index (χ0v) is 17.3. The summed E-state index contributed by atoms with van der Waals surface area (Å²) in [5.74, 6) is -0.570. The van der Waals surface area contributed by atoms with Gasteiger partial charge in [-0.2, -0.15) is 0 Å². The predicted octanol–water partition coefficient (Wildman–Crippen LogP) is 3.12. The van der Waals surface area contributed by atoms with Gasteiger partial charge in [0.2, 0.25) is 5.91 Å². The van der Waals surface area contributed by atoms with Crippen molar-refractivity contribution in [2.75, 3.05) is 5.32 Å². The molecule has 0 saturated heterocycles. The topological polar surface area (TPSA) is 109 Å². The number of nitrogens with zero attached hydrogens (tertiary/aromatic N) is 2. The second-order valence-electron chi connectivity index (χ2n) is 7.19. The highest BCUT2D eigenvalue weighted by Crippen LogP contribution is 2.24. The molecule has 8 heteroatoms. The lowest BCUT2D eigenvalue weighted by molar-refractivity contribution is -0.114. The van der Waals surface area contributed by atoms with Crippen molar-refractivity contribution >= 4 is 17.5 Å². The monoisotopic (exact) mass is 427 g/mol. The number of rotatable bonds is 6. The van der Waals surface area contributed by atoms with E-state index in [0.29, 0.717) is 11.3 Å². The Hall–Kier alpha value is -4.46. The van der Waals surface area contributed by atoms with Crippen molar-refractivity contribution < 1.29 is 9.59 Å². The lowest BCUT2D eigenvalue weighted by atomic mass is 10.0. The molecule has 2 heterocycles. The van der Waals surface area contributed by atoms with Gasteiger partial charge in [-0.25, -0.2) is 4.68 Å². The molecule has 0 atom stereocenters. The highest BCUT2D eigenvalue weighted by molar-refractivity contribution is 5.93. The van der Waals surface area contributed by atoms with Crippen LogP contribution in [0.15, 0.2) is 84.0 Å². The zero-order valence-electron chi connectivity index (χ0n) is 17.3. The van der Waals surface area contributed by atoms with Crippen LogP contribution in [0.5, 0.6) is 0 Å². The Balaban J connectivity index is 1.69. The van der Waals surface area contributed by atoms with E-state index in [1.54, 1.807) is 18.3 Å². The molecular formula is C24H21N5O3. The van der Waals surface area contributed by atoms with Crippen molar-refractivity contribution in [3.05, 3.63) is 101 Å². The lowest BCUT2D eigenvalue weighted by Gasteiger charge is -2.12. The van der Waals surface area contributed by atoms with Crippen molar-refractivity contribution in [3.63, 3.8) is 0 Å². The van der Waals surface area contributed by atoms with Gasteiger partial charge in [0.25, 0.3) is 11.5 Å². The van der Waals surface area contributed by atoms with Crippen LogP contribution in [0, 0.1) is 0 Å². The van der Waals surface area contributed by atoms with Gasteiger partial charge in [-0.15, -0.1) is 0 Å². The highest BCUT2D eigenvalue weighted by atomic mass is 16.2. The minimum atomic E-state index is -0.379. The van der Waals surface area contributed by atoms with Crippen LogP contribution in [0.4, 0.5) is 5.69 Å². The molecule has 4 aromatic rings. The van der Waals surface area contributed by atoms with Crippen molar-refractivity contribution in [2.45, 2.75) is 13.5 Å². The van der Waals surface area contributed by atoms with Crippen LogP contribution in [0.2, 0.25) is 0 Å². The number of amides is 2. The van der Waals surface area contributed by atoms with Gasteiger partial charge in [0, 0.05) is 32.1 Å². The Labute approximate surface area is 183 Å². The maximum Gasteiger partial charge on any atom is 0.294 e. The number of aromatic nitrogens is 3. The number of benzene rings is 2. The van der Waals surface area contributed by atoms with E-state index in [0.717, 1.165) is 16.7 Å². The molecule has 2 aromatic carbocycles. The zero-order chi connectivity index (χ0) is 22.5. The molecule has 0 fully saturated rings. The van der Waals surface area contributed by atoms with E-state index in [4.69, 9.17) is 0 Å². The first-order valence-corrected chi connectivity index (χ1v) is 9.97. The number of hydrogen-bond donors (Lipinski definition) is 3. The van der Waals surface area contributed by atoms with Crippen molar-refractivity contribution in [3.8, 4) is 16.8 Å². The summed E-state index contributed by atoms with van der Waals surface area (Å²) < 4.78 is 1.35. The maximum atomic E-state index is 12.8. The summed E-state index contributed by atoms with van der Waals surface area (Å²) >= 11 is 0. The van der Waals surface area contributed by atoms with Crippen LogP contribution in [0.25, 0.3) is 16.8 Å². The summed E-state index contributed by atoms with van der Waals surface area (Å²) in [6, 6.07) is 18.8. The summed E-state index contributed by atoms with van der Waals surface area (Å²) in [4.78, 5) is 40.5. The van der Waals surface area contributed by atoms with Crippen molar-refractivity contribution in [1.82, 2.24) is 20.1 Å². The summed E-state index contributed by atoms with van der Waals surface area (Å²) in [6.07, 6.45) is 4.56. The van der Waals surface area contributed by atoms with E-state index in [2.05, 4.69) is 20.7 Å². The van der Waals surface area contributed by atoms with Crippen LogP contribution in [-0.2, 0) is 11.3 Å². The summed E-state index contributed by atoms with van der Waals surface area (Å²) in [5, 5.41) is 8.29. The third-order valence-electron chi connectivity index (χ3n) is 4.80. The van der Waals surface area contributed by atoms with Gasteiger partial charge < -0.3 is 10.6 Å². The molecule has 0 bridgehead atoms. The van der Waals surface area contributed by atoms with Crippen molar-refractivity contribution in [2.24, 2.45) is 0 Å². The minimum Gasteiger partial charge on any atom is -0.348 e. The van der Waals surface area contributed by atoms with Gasteiger partial charge in [-0.3, -0.25) is 24.5 Å². The number of hydrogen-bond acceptors (Lipinski definition) is 4. The first-order chi connectivity index (χ1) is 15.5. The summed E-state index contributed by atoms with van der Waals surface area (Å²) in [5.41, 5.74) is 3.49. The Kier molecular flexibility index (Phi) is 5.94. The lowest BCUT2D eigenvalue weighted by Crippen LogP contribution is -2.23. The molecule has 0 aliphatic carbocycles. The molecule has 160 valence electrons. The van der Waals surface area contributed by atoms with Crippen LogP contribution in [0.3, 0.4) is 0 Å². The van der Waals surface area contributed by atoms with E-state index >= 15 is 0 Å². The van der Waals surface area contributed by atoms with E-state index in [-0.39, 0.29) is 29.6 Å².